The SMILES string of the molecule is CCCCOC(=O)CCC(CC(=O)O)C(O)CCC. The molecule has 0 aromatic heterocycles. The molecule has 2 unspecified atom stereocenters. The molecule has 0 aliphatic rings. The smallest absolute Gasteiger partial charge is 0.305 e. The number of carbonyl (C=O) groups is 2. The number of carboxylic acids is 1. The molecule has 0 aliphatic carbocycles. The molecule has 0 radical (unpaired) electrons. The Morgan fingerprint density at radius 1 is 1.16 bits per heavy atom. The Kier molecular flexibility index (Phi) is 10.2. The fourth-order valence-electron chi connectivity index (χ4n) is 1.89. The molecule has 0 spiro atoms. The quantitative estimate of drug-likeness (QED) is 0.446. The van der Waals surface area contributed by atoms with Gasteiger partial charge < -0.3 is 14.9 Å². The highest BCUT2D eigenvalue weighted by atomic mass is 16.5. The molecule has 0 aromatic carbocycles. The molecule has 2 N–H and O–H groups in total. The average molecular weight is 274 g/mol. The zero-order valence-electron chi connectivity index (χ0n) is 11.9. The van der Waals surface area contributed by atoms with Gasteiger partial charge in [0.2, 0.25) is 0 Å². The second-order valence-corrected chi connectivity index (χ2v) is 4.83. The lowest BCUT2D eigenvalue weighted by molar-refractivity contribution is -0.145. The summed E-state index contributed by atoms with van der Waals surface area (Å²) < 4.78 is 5.01. The van der Waals surface area contributed by atoms with Crippen LogP contribution in [0.2, 0.25) is 0 Å². The van der Waals surface area contributed by atoms with E-state index >= 15 is 0 Å². The van der Waals surface area contributed by atoms with Crippen LogP contribution < -0.4 is 0 Å². The van der Waals surface area contributed by atoms with E-state index in [9.17, 15) is 14.7 Å². The average Bonchev–Trinajstić information content (AvgIpc) is 2.34. The lowest BCUT2D eigenvalue weighted by atomic mass is 9.91. The van der Waals surface area contributed by atoms with Gasteiger partial charge in [0.05, 0.1) is 19.1 Å². The summed E-state index contributed by atoms with van der Waals surface area (Å²) in [5, 5.41) is 18.7. The van der Waals surface area contributed by atoms with Crippen molar-refractivity contribution in [2.45, 2.75) is 64.9 Å². The molecule has 19 heavy (non-hydrogen) atoms. The molecular weight excluding hydrogens is 248 g/mol. The van der Waals surface area contributed by atoms with Gasteiger partial charge in [0.1, 0.15) is 0 Å². The highest BCUT2D eigenvalue weighted by molar-refractivity contribution is 5.70. The van der Waals surface area contributed by atoms with Crippen molar-refractivity contribution in [1.82, 2.24) is 0 Å². The first kappa shape index (κ1) is 17.9. The van der Waals surface area contributed by atoms with Crippen LogP contribution in [0.25, 0.3) is 0 Å². The first-order valence-electron chi connectivity index (χ1n) is 7.06. The lowest BCUT2D eigenvalue weighted by Crippen LogP contribution is -2.24. The summed E-state index contributed by atoms with van der Waals surface area (Å²) in [5.74, 6) is -1.64. The molecule has 0 rings (SSSR count). The number of hydrogen-bond acceptors (Lipinski definition) is 4. The molecule has 0 fully saturated rings. The van der Waals surface area contributed by atoms with Gasteiger partial charge in [0.25, 0.3) is 0 Å². The number of aliphatic carboxylic acids is 1. The van der Waals surface area contributed by atoms with Crippen molar-refractivity contribution in [3.63, 3.8) is 0 Å². The molecule has 0 aliphatic heterocycles. The summed E-state index contributed by atoms with van der Waals surface area (Å²) in [6, 6.07) is 0. The van der Waals surface area contributed by atoms with Gasteiger partial charge in [-0.1, -0.05) is 26.7 Å². The number of carboxylic acid groups (broad SMARTS) is 1. The van der Waals surface area contributed by atoms with Crippen molar-refractivity contribution in [3.8, 4) is 0 Å². The molecule has 0 amide bonds. The van der Waals surface area contributed by atoms with Crippen LogP contribution in [-0.2, 0) is 14.3 Å². The Morgan fingerprint density at radius 3 is 2.37 bits per heavy atom. The molecule has 0 heterocycles. The Bertz CT molecular complexity index is 265. The van der Waals surface area contributed by atoms with Gasteiger partial charge >= 0.3 is 11.9 Å². The molecule has 5 heteroatoms. The molecule has 0 aromatic rings. The van der Waals surface area contributed by atoms with Gasteiger partial charge in [-0.25, -0.2) is 0 Å². The summed E-state index contributed by atoms with van der Waals surface area (Å²) in [5.41, 5.74) is 0. The van der Waals surface area contributed by atoms with Crippen LogP contribution in [0.15, 0.2) is 0 Å². The van der Waals surface area contributed by atoms with Crippen molar-refractivity contribution in [2.24, 2.45) is 5.92 Å². The van der Waals surface area contributed by atoms with Crippen LogP contribution >= 0.6 is 0 Å². The van der Waals surface area contributed by atoms with Crippen LogP contribution in [0.1, 0.15) is 58.8 Å². The van der Waals surface area contributed by atoms with Gasteiger partial charge in [-0.15, -0.1) is 0 Å². The molecule has 0 bridgehead atoms. The zero-order chi connectivity index (χ0) is 14.7. The molecule has 5 nitrogen and oxygen atoms in total. The molecule has 0 saturated carbocycles. The van der Waals surface area contributed by atoms with E-state index in [0.717, 1.165) is 19.3 Å². The van der Waals surface area contributed by atoms with E-state index in [4.69, 9.17) is 9.84 Å². The first-order valence-corrected chi connectivity index (χ1v) is 7.06. The number of aliphatic hydroxyl groups excluding tert-OH is 1. The number of esters is 1. The minimum atomic E-state index is -0.945. The number of hydrogen-bond donors (Lipinski definition) is 2. The van der Waals surface area contributed by atoms with E-state index in [1.165, 1.54) is 0 Å². The third kappa shape index (κ3) is 9.47. The van der Waals surface area contributed by atoms with Crippen molar-refractivity contribution in [3.05, 3.63) is 0 Å². The predicted octanol–water partition coefficient (Wildman–Crippen LogP) is 2.36. The largest absolute Gasteiger partial charge is 0.481 e. The van der Waals surface area contributed by atoms with Gasteiger partial charge in [-0.05, 0) is 25.2 Å². The monoisotopic (exact) mass is 274 g/mol. The Labute approximate surface area is 115 Å². The number of carbonyl (C=O) groups excluding carboxylic acids is 1. The third-order valence-electron chi connectivity index (χ3n) is 3.05. The second kappa shape index (κ2) is 10.8. The molecule has 112 valence electrons. The van der Waals surface area contributed by atoms with E-state index in [1.54, 1.807) is 0 Å². The Hall–Kier alpha value is -1.10. The van der Waals surface area contributed by atoms with Crippen LogP contribution in [0.5, 0.6) is 0 Å². The zero-order valence-corrected chi connectivity index (χ0v) is 11.9. The van der Waals surface area contributed by atoms with Crippen molar-refractivity contribution in [1.29, 1.82) is 0 Å². The standard InChI is InChI=1S/C14H26O5/c1-3-5-9-19-14(18)8-7-11(10-13(16)17)12(15)6-4-2/h11-12,15H,3-10H2,1-2H3,(H,16,17). The number of unbranched alkanes of at least 4 members (excludes halogenated alkanes) is 1. The maximum absolute atomic E-state index is 11.4. The Balaban J connectivity index is 4.10. The normalized spacial score (nSPS) is 13.8. The summed E-state index contributed by atoms with van der Waals surface area (Å²) in [6.07, 6.45) is 2.91. The van der Waals surface area contributed by atoms with Gasteiger partial charge in [0.15, 0.2) is 0 Å². The molecule has 2 atom stereocenters. The third-order valence-corrected chi connectivity index (χ3v) is 3.05. The Morgan fingerprint density at radius 2 is 1.84 bits per heavy atom. The summed E-state index contributed by atoms with van der Waals surface area (Å²) >= 11 is 0. The van der Waals surface area contributed by atoms with E-state index in [-0.39, 0.29) is 24.7 Å². The first-order chi connectivity index (χ1) is 9.01. The van der Waals surface area contributed by atoms with Crippen molar-refractivity contribution in [2.75, 3.05) is 6.61 Å². The van der Waals surface area contributed by atoms with E-state index < -0.39 is 12.1 Å². The highest BCUT2D eigenvalue weighted by Crippen LogP contribution is 2.20. The van der Waals surface area contributed by atoms with Crippen molar-refractivity contribution < 1.29 is 24.5 Å². The fourth-order valence-corrected chi connectivity index (χ4v) is 1.89. The molecule has 0 saturated heterocycles. The summed E-state index contributed by atoms with van der Waals surface area (Å²) in [6.45, 7) is 4.36. The fraction of sp³-hybridized carbons (Fsp3) is 0.857. The lowest BCUT2D eigenvalue weighted by Gasteiger charge is -2.20. The number of aliphatic hydroxyl groups is 1. The highest BCUT2D eigenvalue weighted by Gasteiger charge is 2.22. The maximum atomic E-state index is 11.4. The van der Waals surface area contributed by atoms with Crippen molar-refractivity contribution >= 4 is 11.9 Å². The van der Waals surface area contributed by atoms with Crippen LogP contribution in [0, 0.1) is 5.92 Å². The van der Waals surface area contributed by atoms with Gasteiger partial charge in [0, 0.05) is 6.42 Å². The predicted molar refractivity (Wildman–Crippen MR) is 71.8 cm³/mol. The van der Waals surface area contributed by atoms with Gasteiger partial charge in [-0.3, -0.25) is 9.59 Å². The van der Waals surface area contributed by atoms with E-state index in [0.29, 0.717) is 19.4 Å². The minimum absolute atomic E-state index is 0.108. The van der Waals surface area contributed by atoms with Crippen LogP contribution in [-0.4, -0.2) is 34.9 Å². The topological polar surface area (TPSA) is 83.8 Å². The minimum Gasteiger partial charge on any atom is -0.481 e. The van der Waals surface area contributed by atoms with E-state index in [2.05, 4.69) is 0 Å². The van der Waals surface area contributed by atoms with Crippen LogP contribution in [0.3, 0.4) is 0 Å². The van der Waals surface area contributed by atoms with Crippen LogP contribution in [0.4, 0.5) is 0 Å². The maximum Gasteiger partial charge on any atom is 0.305 e. The van der Waals surface area contributed by atoms with E-state index in [1.807, 2.05) is 13.8 Å². The van der Waals surface area contributed by atoms with Gasteiger partial charge in [-0.2, -0.15) is 0 Å². The number of ether oxygens (including phenoxy) is 1. The second-order valence-electron chi connectivity index (χ2n) is 4.83. The summed E-state index contributed by atoms with van der Waals surface area (Å²) in [7, 11) is 0. The summed E-state index contributed by atoms with van der Waals surface area (Å²) in [4.78, 5) is 22.2. The molecular formula is C14H26O5. The number of rotatable bonds is 11.